The molecule has 0 radical (unpaired) electrons. The van der Waals surface area contributed by atoms with Crippen LogP contribution in [-0.2, 0) is 16.0 Å². The molecule has 4 heteroatoms. The molecule has 1 aromatic carbocycles. The quantitative estimate of drug-likeness (QED) is 0.686. The highest BCUT2D eigenvalue weighted by atomic mass is 16.6. The van der Waals surface area contributed by atoms with E-state index in [1.807, 2.05) is 37.4 Å². The minimum atomic E-state index is -0.920. The molecule has 2 N–H and O–H groups in total. The van der Waals surface area contributed by atoms with Crippen LogP contribution in [0.1, 0.15) is 5.56 Å². The maximum Gasteiger partial charge on any atom is 0.174 e. The Morgan fingerprint density at radius 2 is 2.17 bits per heavy atom. The first-order chi connectivity index (χ1) is 8.72. The fraction of sp³-hybridized carbons (Fsp3) is 0.500. The van der Waals surface area contributed by atoms with Crippen LogP contribution in [0.3, 0.4) is 0 Å². The number of hydrogen-bond acceptors (Lipinski definition) is 4. The van der Waals surface area contributed by atoms with E-state index in [9.17, 15) is 9.90 Å². The van der Waals surface area contributed by atoms with Gasteiger partial charge in [-0.2, -0.15) is 0 Å². The first kappa shape index (κ1) is 13.2. The summed E-state index contributed by atoms with van der Waals surface area (Å²) in [4.78, 5) is 12.3. The van der Waals surface area contributed by atoms with E-state index in [-0.39, 0.29) is 18.3 Å². The summed E-state index contributed by atoms with van der Waals surface area (Å²) in [5.41, 5.74) is 0.205. The van der Waals surface area contributed by atoms with Gasteiger partial charge in [-0.25, -0.2) is 0 Å². The van der Waals surface area contributed by atoms with Crippen LogP contribution in [0.4, 0.5) is 0 Å². The van der Waals surface area contributed by atoms with Crippen LogP contribution in [0.2, 0.25) is 0 Å². The van der Waals surface area contributed by atoms with Gasteiger partial charge in [0.15, 0.2) is 11.4 Å². The minimum Gasteiger partial charge on any atom is -0.393 e. The Kier molecular flexibility index (Phi) is 4.11. The number of hydrogen-bond donors (Lipinski definition) is 2. The average Bonchev–Trinajstić information content (AvgIpc) is 3.20. The lowest BCUT2D eigenvalue weighted by atomic mass is 9.88. The summed E-state index contributed by atoms with van der Waals surface area (Å²) in [5.74, 6) is -0.157. The lowest BCUT2D eigenvalue weighted by Crippen LogP contribution is -2.39. The van der Waals surface area contributed by atoms with Crippen molar-refractivity contribution >= 4 is 5.78 Å². The number of epoxide rings is 1. The normalized spacial score (nSPS) is 23.7. The molecule has 2 unspecified atom stereocenters. The molecular formula is C14H19NO3. The molecule has 1 aliphatic rings. The fourth-order valence-corrected chi connectivity index (χ4v) is 2.17. The zero-order valence-corrected chi connectivity index (χ0v) is 10.6. The van der Waals surface area contributed by atoms with E-state index in [1.54, 1.807) is 0 Å². The van der Waals surface area contributed by atoms with Crippen LogP contribution in [0, 0.1) is 5.92 Å². The molecule has 18 heavy (non-hydrogen) atoms. The number of Topliss-reactive ketones (excluding diaryl/α,β-unsaturated/α-hetero) is 1. The SMILES string of the molecule is CNCC(Cc1ccccc1)C(=O)C1(CO)CO1. The van der Waals surface area contributed by atoms with Crippen molar-refractivity contribution in [2.45, 2.75) is 12.0 Å². The van der Waals surface area contributed by atoms with Crippen LogP contribution in [0.5, 0.6) is 0 Å². The Bertz CT molecular complexity index is 401. The summed E-state index contributed by atoms with van der Waals surface area (Å²) in [6.45, 7) is 0.719. The molecule has 0 bridgehead atoms. The van der Waals surface area contributed by atoms with E-state index in [2.05, 4.69) is 5.32 Å². The molecule has 98 valence electrons. The van der Waals surface area contributed by atoms with Gasteiger partial charge in [0.2, 0.25) is 0 Å². The van der Waals surface area contributed by atoms with E-state index >= 15 is 0 Å². The second-order valence-corrected chi connectivity index (χ2v) is 4.75. The number of nitrogens with one attached hydrogen (secondary N) is 1. The van der Waals surface area contributed by atoms with E-state index in [4.69, 9.17) is 4.74 Å². The van der Waals surface area contributed by atoms with Crippen LogP contribution in [0.15, 0.2) is 30.3 Å². The molecule has 1 heterocycles. The van der Waals surface area contributed by atoms with Crippen molar-refractivity contribution in [1.82, 2.24) is 5.32 Å². The van der Waals surface area contributed by atoms with Gasteiger partial charge < -0.3 is 15.2 Å². The Balaban J connectivity index is 2.06. The zero-order chi connectivity index (χ0) is 13.0. The van der Waals surface area contributed by atoms with Gasteiger partial charge in [-0.1, -0.05) is 30.3 Å². The highest BCUT2D eigenvalue weighted by molar-refractivity contribution is 5.92. The lowest BCUT2D eigenvalue weighted by Gasteiger charge is -2.18. The van der Waals surface area contributed by atoms with Gasteiger partial charge in [0, 0.05) is 12.5 Å². The minimum absolute atomic E-state index is 0.00297. The molecular weight excluding hydrogens is 230 g/mol. The summed E-state index contributed by atoms with van der Waals surface area (Å²) in [5, 5.41) is 12.3. The Hall–Kier alpha value is -1.23. The summed E-state index contributed by atoms with van der Waals surface area (Å²) in [6, 6.07) is 9.90. The molecule has 1 aromatic rings. The highest BCUT2D eigenvalue weighted by Gasteiger charge is 2.53. The first-order valence-electron chi connectivity index (χ1n) is 6.19. The smallest absolute Gasteiger partial charge is 0.174 e. The molecule has 0 aromatic heterocycles. The summed E-state index contributed by atoms with van der Waals surface area (Å²) in [6.07, 6.45) is 0.672. The molecule has 2 atom stereocenters. The Labute approximate surface area is 107 Å². The number of aliphatic hydroxyl groups excluding tert-OH is 1. The molecule has 4 nitrogen and oxygen atoms in total. The third-order valence-electron chi connectivity index (χ3n) is 3.34. The molecule has 0 spiro atoms. The van der Waals surface area contributed by atoms with Crippen molar-refractivity contribution in [1.29, 1.82) is 0 Å². The first-order valence-corrected chi connectivity index (χ1v) is 6.19. The van der Waals surface area contributed by atoms with Gasteiger partial charge in [-0.15, -0.1) is 0 Å². The van der Waals surface area contributed by atoms with Gasteiger partial charge in [-0.3, -0.25) is 4.79 Å². The van der Waals surface area contributed by atoms with Crippen LogP contribution in [0.25, 0.3) is 0 Å². The molecule has 0 aliphatic carbocycles. The summed E-state index contributed by atoms with van der Waals surface area (Å²) in [7, 11) is 1.82. The molecule has 1 fully saturated rings. The number of rotatable bonds is 7. The average molecular weight is 249 g/mol. The number of aliphatic hydroxyl groups is 1. The number of ether oxygens (including phenoxy) is 1. The van der Waals surface area contributed by atoms with Crippen molar-refractivity contribution in [3.05, 3.63) is 35.9 Å². The predicted octanol–water partition coefficient (Wildman–Crippen LogP) is 0.395. The molecule has 2 rings (SSSR count). The predicted molar refractivity (Wildman–Crippen MR) is 68.3 cm³/mol. The van der Waals surface area contributed by atoms with E-state index in [0.29, 0.717) is 19.6 Å². The fourth-order valence-electron chi connectivity index (χ4n) is 2.17. The van der Waals surface area contributed by atoms with Gasteiger partial charge in [-0.05, 0) is 19.0 Å². The number of carbonyl (C=O) groups is 1. The van der Waals surface area contributed by atoms with E-state index < -0.39 is 5.60 Å². The van der Waals surface area contributed by atoms with E-state index in [0.717, 1.165) is 5.56 Å². The molecule has 1 saturated heterocycles. The summed E-state index contributed by atoms with van der Waals surface area (Å²) >= 11 is 0. The second kappa shape index (κ2) is 5.61. The van der Waals surface area contributed by atoms with Crippen LogP contribution in [-0.4, -0.2) is 43.3 Å². The van der Waals surface area contributed by atoms with Crippen molar-refractivity contribution in [2.24, 2.45) is 5.92 Å². The van der Waals surface area contributed by atoms with Crippen LogP contribution < -0.4 is 5.32 Å². The maximum atomic E-state index is 12.3. The summed E-state index contributed by atoms with van der Waals surface area (Å²) < 4.78 is 5.14. The van der Waals surface area contributed by atoms with Gasteiger partial charge >= 0.3 is 0 Å². The monoisotopic (exact) mass is 249 g/mol. The van der Waals surface area contributed by atoms with Crippen molar-refractivity contribution < 1.29 is 14.6 Å². The second-order valence-electron chi connectivity index (χ2n) is 4.75. The lowest BCUT2D eigenvalue weighted by molar-refractivity contribution is -0.129. The van der Waals surface area contributed by atoms with Gasteiger partial charge in [0.05, 0.1) is 13.2 Å². The molecule has 1 aliphatic heterocycles. The Morgan fingerprint density at radius 1 is 1.50 bits per heavy atom. The third-order valence-corrected chi connectivity index (χ3v) is 3.34. The third kappa shape index (κ3) is 2.77. The van der Waals surface area contributed by atoms with Crippen molar-refractivity contribution in [3.8, 4) is 0 Å². The maximum absolute atomic E-state index is 12.3. The topological polar surface area (TPSA) is 61.9 Å². The largest absolute Gasteiger partial charge is 0.393 e. The highest BCUT2D eigenvalue weighted by Crippen LogP contribution is 2.31. The number of carbonyl (C=O) groups excluding carboxylic acids is 1. The van der Waals surface area contributed by atoms with Crippen molar-refractivity contribution in [2.75, 3.05) is 26.8 Å². The van der Waals surface area contributed by atoms with Crippen LogP contribution >= 0.6 is 0 Å². The van der Waals surface area contributed by atoms with Gasteiger partial charge in [0.25, 0.3) is 0 Å². The van der Waals surface area contributed by atoms with E-state index in [1.165, 1.54) is 0 Å². The zero-order valence-electron chi connectivity index (χ0n) is 10.6. The standard InChI is InChI=1S/C14H19NO3/c1-15-8-12(7-11-5-3-2-4-6-11)13(17)14(9-16)10-18-14/h2-6,12,15-16H,7-10H2,1H3. The van der Waals surface area contributed by atoms with Gasteiger partial charge in [0.1, 0.15) is 0 Å². The number of benzene rings is 1. The molecule has 0 amide bonds. The van der Waals surface area contributed by atoms with Crippen molar-refractivity contribution in [3.63, 3.8) is 0 Å². The number of ketones is 1. The molecule has 0 saturated carbocycles. The Morgan fingerprint density at radius 3 is 2.67 bits per heavy atom.